The summed E-state index contributed by atoms with van der Waals surface area (Å²) in [5.74, 6) is 0.429. The predicted molar refractivity (Wildman–Crippen MR) is 83.8 cm³/mol. The molecule has 0 atom stereocenters. The van der Waals surface area contributed by atoms with Gasteiger partial charge < -0.3 is 5.11 Å². The van der Waals surface area contributed by atoms with Gasteiger partial charge in [0.25, 0.3) is 0 Å². The van der Waals surface area contributed by atoms with Gasteiger partial charge in [0.1, 0.15) is 4.90 Å². The monoisotopic (exact) mass is 331 g/mol. The number of sulfonamides is 1. The Morgan fingerprint density at radius 2 is 1.95 bits per heavy atom. The van der Waals surface area contributed by atoms with Crippen molar-refractivity contribution in [3.05, 3.63) is 28.8 Å². The van der Waals surface area contributed by atoms with E-state index in [-0.39, 0.29) is 16.5 Å². The third kappa shape index (κ3) is 3.97. The molecule has 0 bridgehead atoms. The number of aliphatic hydroxyl groups excluding tert-OH is 1. The third-order valence-electron chi connectivity index (χ3n) is 4.11. The smallest absolute Gasteiger partial charge is 0.244 e. The number of hydrogen-bond acceptors (Lipinski definition) is 3. The molecule has 0 aliphatic heterocycles. The zero-order valence-corrected chi connectivity index (χ0v) is 13.8. The third-order valence-corrected chi connectivity index (χ3v) is 6.41. The number of halogens is 1. The van der Waals surface area contributed by atoms with Gasteiger partial charge in [0, 0.05) is 13.6 Å². The second kappa shape index (κ2) is 7.09. The van der Waals surface area contributed by atoms with Crippen molar-refractivity contribution in [3.8, 4) is 0 Å². The van der Waals surface area contributed by atoms with E-state index < -0.39 is 10.0 Å². The van der Waals surface area contributed by atoms with Crippen molar-refractivity contribution in [3.63, 3.8) is 0 Å². The fourth-order valence-electron chi connectivity index (χ4n) is 2.84. The molecule has 0 saturated heterocycles. The maximum atomic E-state index is 12.7. The van der Waals surface area contributed by atoms with Crippen LogP contribution in [-0.2, 0) is 16.6 Å². The maximum Gasteiger partial charge on any atom is 0.244 e. The van der Waals surface area contributed by atoms with Crippen LogP contribution in [0.5, 0.6) is 0 Å². The molecule has 0 heterocycles. The first kappa shape index (κ1) is 16.7. The summed E-state index contributed by atoms with van der Waals surface area (Å²) in [6, 6.07) is 4.60. The van der Waals surface area contributed by atoms with E-state index in [2.05, 4.69) is 0 Å². The van der Waals surface area contributed by atoms with Crippen LogP contribution in [0.3, 0.4) is 0 Å². The normalized spacial score (nSPS) is 17.3. The molecule has 1 aliphatic rings. The van der Waals surface area contributed by atoms with E-state index in [1.807, 2.05) is 0 Å². The lowest BCUT2D eigenvalue weighted by atomic mass is 9.89. The van der Waals surface area contributed by atoms with Crippen LogP contribution >= 0.6 is 11.6 Å². The molecule has 1 aromatic rings. The van der Waals surface area contributed by atoms with Gasteiger partial charge in [0.15, 0.2) is 0 Å². The number of aliphatic hydroxyl groups is 1. The number of rotatable bonds is 5. The van der Waals surface area contributed by atoms with Crippen molar-refractivity contribution in [1.82, 2.24) is 4.31 Å². The van der Waals surface area contributed by atoms with Crippen LogP contribution in [0.2, 0.25) is 5.02 Å². The molecule has 0 amide bonds. The van der Waals surface area contributed by atoms with Crippen LogP contribution in [-0.4, -0.2) is 31.4 Å². The summed E-state index contributed by atoms with van der Waals surface area (Å²) in [5, 5.41) is 9.36. The molecule has 1 aliphatic carbocycles. The predicted octanol–water partition coefficient (Wildman–Crippen LogP) is 3.03. The van der Waals surface area contributed by atoms with Crippen molar-refractivity contribution >= 4 is 21.6 Å². The molecule has 1 N–H and O–H groups in total. The molecule has 2 rings (SSSR count). The molecule has 0 radical (unpaired) electrons. The van der Waals surface area contributed by atoms with Crippen LogP contribution in [0.25, 0.3) is 0 Å². The minimum Gasteiger partial charge on any atom is -0.392 e. The zero-order valence-electron chi connectivity index (χ0n) is 12.3. The second-order valence-corrected chi connectivity index (χ2v) is 8.13. The minimum absolute atomic E-state index is 0.0778. The van der Waals surface area contributed by atoms with E-state index >= 15 is 0 Å². The fourth-order valence-corrected chi connectivity index (χ4v) is 4.61. The Bertz CT molecular complexity index is 583. The molecule has 118 valence electrons. The van der Waals surface area contributed by atoms with Crippen molar-refractivity contribution in [2.24, 2.45) is 5.92 Å². The molecule has 0 aromatic heterocycles. The van der Waals surface area contributed by atoms with E-state index in [4.69, 9.17) is 16.7 Å². The first-order valence-electron chi connectivity index (χ1n) is 7.31. The molecule has 0 unspecified atom stereocenters. The Labute approximate surface area is 131 Å². The van der Waals surface area contributed by atoms with Gasteiger partial charge in [-0.05, 0) is 36.5 Å². The summed E-state index contributed by atoms with van der Waals surface area (Å²) in [5.41, 5.74) is 0.545. The summed E-state index contributed by atoms with van der Waals surface area (Å²) in [7, 11) is -2.01. The number of hydrogen-bond donors (Lipinski definition) is 1. The standard InChI is InChI=1S/C15H22ClNO3S/c1-17(10-12-5-3-2-4-6-12)21(19,20)15-9-13(11-18)7-8-14(15)16/h7-9,12,18H,2-6,10-11H2,1H3. The van der Waals surface area contributed by atoms with Gasteiger partial charge >= 0.3 is 0 Å². The molecule has 1 fully saturated rings. The summed E-state index contributed by atoms with van der Waals surface area (Å²) >= 11 is 6.04. The first-order chi connectivity index (χ1) is 9.95. The number of nitrogens with zero attached hydrogens (tertiary/aromatic N) is 1. The molecule has 1 aromatic carbocycles. The number of benzene rings is 1. The lowest BCUT2D eigenvalue weighted by molar-refractivity contribution is 0.281. The highest BCUT2D eigenvalue weighted by molar-refractivity contribution is 7.89. The molecule has 4 nitrogen and oxygen atoms in total. The highest BCUT2D eigenvalue weighted by atomic mass is 35.5. The SMILES string of the molecule is CN(CC1CCCCC1)S(=O)(=O)c1cc(CO)ccc1Cl. The van der Waals surface area contributed by atoms with Crippen LogP contribution in [0.15, 0.2) is 23.1 Å². The van der Waals surface area contributed by atoms with E-state index in [1.54, 1.807) is 13.1 Å². The summed E-state index contributed by atoms with van der Waals surface area (Å²) in [6.45, 7) is 0.327. The molecule has 0 spiro atoms. The first-order valence-corrected chi connectivity index (χ1v) is 9.12. The largest absolute Gasteiger partial charge is 0.392 e. The average molecular weight is 332 g/mol. The average Bonchev–Trinajstić information content (AvgIpc) is 2.48. The summed E-state index contributed by atoms with van der Waals surface area (Å²) < 4.78 is 26.7. The van der Waals surface area contributed by atoms with Gasteiger partial charge in [0.05, 0.1) is 11.6 Å². The van der Waals surface area contributed by atoms with E-state index in [9.17, 15) is 8.42 Å². The molecule has 6 heteroatoms. The summed E-state index contributed by atoms with van der Waals surface area (Å²) in [6.07, 6.45) is 5.78. The van der Waals surface area contributed by atoms with Gasteiger partial charge in [-0.1, -0.05) is 36.9 Å². The zero-order chi connectivity index (χ0) is 15.5. The van der Waals surface area contributed by atoms with E-state index in [1.165, 1.54) is 35.7 Å². The lowest BCUT2D eigenvalue weighted by Crippen LogP contribution is -2.33. The molecular formula is C15H22ClNO3S. The fraction of sp³-hybridized carbons (Fsp3) is 0.600. The Balaban J connectivity index is 2.20. The highest BCUT2D eigenvalue weighted by Crippen LogP contribution is 2.29. The minimum atomic E-state index is -3.61. The second-order valence-electron chi connectivity index (χ2n) is 5.71. The van der Waals surface area contributed by atoms with E-state index in [0.29, 0.717) is 18.0 Å². The Morgan fingerprint density at radius 1 is 1.29 bits per heavy atom. The van der Waals surface area contributed by atoms with Gasteiger partial charge in [-0.15, -0.1) is 0 Å². The quantitative estimate of drug-likeness (QED) is 0.902. The molecule has 1 saturated carbocycles. The molecule has 21 heavy (non-hydrogen) atoms. The Hall–Kier alpha value is -0.620. The van der Waals surface area contributed by atoms with Crippen molar-refractivity contribution in [2.75, 3.05) is 13.6 Å². The Morgan fingerprint density at radius 3 is 2.57 bits per heavy atom. The van der Waals surface area contributed by atoms with Crippen molar-refractivity contribution in [1.29, 1.82) is 0 Å². The van der Waals surface area contributed by atoms with Gasteiger partial charge in [-0.3, -0.25) is 0 Å². The van der Waals surface area contributed by atoms with Crippen LogP contribution in [0.1, 0.15) is 37.7 Å². The van der Waals surface area contributed by atoms with Crippen LogP contribution in [0.4, 0.5) is 0 Å². The van der Waals surface area contributed by atoms with Gasteiger partial charge in [-0.25, -0.2) is 12.7 Å². The summed E-state index contributed by atoms with van der Waals surface area (Å²) in [4.78, 5) is 0.0778. The topological polar surface area (TPSA) is 57.6 Å². The van der Waals surface area contributed by atoms with Crippen molar-refractivity contribution in [2.45, 2.75) is 43.6 Å². The maximum absolute atomic E-state index is 12.7. The lowest BCUT2D eigenvalue weighted by Gasteiger charge is -2.27. The highest BCUT2D eigenvalue weighted by Gasteiger charge is 2.26. The Kier molecular flexibility index (Phi) is 5.66. The van der Waals surface area contributed by atoms with Gasteiger partial charge in [0.2, 0.25) is 10.0 Å². The van der Waals surface area contributed by atoms with E-state index in [0.717, 1.165) is 12.8 Å². The van der Waals surface area contributed by atoms with Gasteiger partial charge in [-0.2, -0.15) is 0 Å². The van der Waals surface area contributed by atoms with Crippen molar-refractivity contribution < 1.29 is 13.5 Å². The molecular weight excluding hydrogens is 310 g/mol. The van der Waals surface area contributed by atoms with Crippen LogP contribution in [0, 0.1) is 5.92 Å². The van der Waals surface area contributed by atoms with Crippen LogP contribution < -0.4 is 0 Å².